The normalized spacial score (nSPS) is 25.2. The van der Waals surface area contributed by atoms with Crippen molar-refractivity contribution in [1.82, 2.24) is 5.32 Å². The number of aryl methyl sites for hydroxylation is 1. The zero-order chi connectivity index (χ0) is 12.8. The fourth-order valence-corrected chi connectivity index (χ4v) is 2.73. The van der Waals surface area contributed by atoms with E-state index >= 15 is 0 Å². The molecule has 100 valence electrons. The van der Waals surface area contributed by atoms with E-state index in [-0.39, 0.29) is 6.10 Å². The molecule has 1 fully saturated rings. The Morgan fingerprint density at radius 2 is 2.06 bits per heavy atom. The van der Waals surface area contributed by atoms with E-state index in [1.807, 2.05) is 0 Å². The lowest BCUT2D eigenvalue weighted by atomic mass is 10.0. The predicted octanol–water partition coefficient (Wildman–Crippen LogP) is 2.76. The molecule has 1 aromatic carbocycles. The first-order chi connectivity index (χ1) is 8.74. The molecule has 1 saturated carbocycles. The average Bonchev–Trinajstić information content (AvgIpc) is 2.81. The number of benzene rings is 1. The highest BCUT2D eigenvalue weighted by Crippen LogP contribution is 2.24. The summed E-state index contributed by atoms with van der Waals surface area (Å²) in [5, 5.41) is 13.1. The molecule has 0 radical (unpaired) electrons. The third kappa shape index (κ3) is 4.43. The van der Waals surface area contributed by atoms with Crippen LogP contribution in [0.5, 0.6) is 0 Å². The number of nitrogens with one attached hydrogen (secondary N) is 1. The SMILES string of the molecule is CC(CCc1ccccc1)NCC1CCC(O)C1. The topological polar surface area (TPSA) is 32.3 Å². The van der Waals surface area contributed by atoms with Crippen LogP contribution in [0, 0.1) is 5.92 Å². The van der Waals surface area contributed by atoms with Crippen LogP contribution in [-0.2, 0) is 6.42 Å². The standard InChI is InChI=1S/C16H25NO/c1-13(7-8-14-5-3-2-4-6-14)17-12-15-9-10-16(18)11-15/h2-6,13,15-18H,7-12H2,1H3. The molecule has 0 saturated heterocycles. The summed E-state index contributed by atoms with van der Waals surface area (Å²) in [6.07, 6.45) is 5.43. The maximum atomic E-state index is 9.49. The average molecular weight is 247 g/mol. The Balaban J connectivity index is 1.62. The van der Waals surface area contributed by atoms with Gasteiger partial charge in [-0.15, -0.1) is 0 Å². The summed E-state index contributed by atoms with van der Waals surface area (Å²) >= 11 is 0. The predicted molar refractivity (Wildman–Crippen MR) is 75.6 cm³/mol. The summed E-state index contributed by atoms with van der Waals surface area (Å²) in [5.74, 6) is 0.680. The van der Waals surface area contributed by atoms with Crippen LogP contribution in [0.15, 0.2) is 30.3 Å². The fourth-order valence-electron chi connectivity index (χ4n) is 2.73. The second kappa shape index (κ2) is 6.91. The van der Waals surface area contributed by atoms with E-state index in [1.165, 1.54) is 18.4 Å². The van der Waals surface area contributed by atoms with Crippen molar-refractivity contribution in [3.05, 3.63) is 35.9 Å². The zero-order valence-corrected chi connectivity index (χ0v) is 11.3. The zero-order valence-electron chi connectivity index (χ0n) is 11.3. The van der Waals surface area contributed by atoms with Gasteiger partial charge in [-0.1, -0.05) is 30.3 Å². The van der Waals surface area contributed by atoms with Gasteiger partial charge >= 0.3 is 0 Å². The molecule has 1 aliphatic carbocycles. The van der Waals surface area contributed by atoms with Gasteiger partial charge in [0.1, 0.15) is 0 Å². The first kappa shape index (κ1) is 13.6. The second-order valence-corrected chi connectivity index (χ2v) is 5.67. The van der Waals surface area contributed by atoms with Crippen LogP contribution in [0.3, 0.4) is 0 Å². The van der Waals surface area contributed by atoms with Gasteiger partial charge in [0.05, 0.1) is 6.10 Å². The summed E-state index contributed by atoms with van der Waals surface area (Å²) in [7, 11) is 0. The van der Waals surface area contributed by atoms with E-state index in [4.69, 9.17) is 0 Å². The van der Waals surface area contributed by atoms with E-state index in [1.54, 1.807) is 0 Å². The van der Waals surface area contributed by atoms with E-state index in [2.05, 4.69) is 42.6 Å². The monoisotopic (exact) mass is 247 g/mol. The lowest BCUT2D eigenvalue weighted by Gasteiger charge is -2.17. The van der Waals surface area contributed by atoms with Crippen molar-refractivity contribution in [2.75, 3.05) is 6.54 Å². The highest BCUT2D eigenvalue weighted by atomic mass is 16.3. The Morgan fingerprint density at radius 1 is 1.28 bits per heavy atom. The van der Waals surface area contributed by atoms with Gasteiger partial charge in [0.15, 0.2) is 0 Å². The number of aliphatic hydroxyl groups excluding tert-OH is 1. The Morgan fingerprint density at radius 3 is 2.72 bits per heavy atom. The van der Waals surface area contributed by atoms with Crippen LogP contribution in [0.25, 0.3) is 0 Å². The van der Waals surface area contributed by atoms with Gasteiger partial charge in [-0.2, -0.15) is 0 Å². The van der Waals surface area contributed by atoms with Crippen molar-refractivity contribution in [2.45, 2.75) is 51.2 Å². The molecule has 0 heterocycles. The molecule has 0 bridgehead atoms. The van der Waals surface area contributed by atoms with Gasteiger partial charge in [-0.25, -0.2) is 0 Å². The van der Waals surface area contributed by atoms with Gasteiger partial charge in [-0.3, -0.25) is 0 Å². The Bertz CT molecular complexity index is 338. The molecule has 2 N–H and O–H groups in total. The molecule has 18 heavy (non-hydrogen) atoms. The first-order valence-electron chi connectivity index (χ1n) is 7.19. The summed E-state index contributed by atoms with van der Waals surface area (Å²) in [6, 6.07) is 11.2. The van der Waals surface area contributed by atoms with Crippen molar-refractivity contribution in [1.29, 1.82) is 0 Å². The fraction of sp³-hybridized carbons (Fsp3) is 0.625. The summed E-state index contributed by atoms with van der Waals surface area (Å²) in [5.41, 5.74) is 1.42. The van der Waals surface area contributed by atoms with Crippen molar-refractivity contribution >= 4 is 0 Å². The van der Waals surface area contributed by atoms with Crippen LogP contribution < -0.4 is 5.32 Å². The van der Waals surface area contributed by atoms with Gasteiger partial charge in [0.2, 0.25) is 0 Å². The van der Waals surface area contributed by atoms with Crippen LogP contribution >= 0.6 is 0 Å². The number of hydrogen-bond donors (Lipinski definition) is 2. The lowest BCUT2D eigenvalue weighted by molar-refractivity contribution is 0.177. The molecule has 0 spiro atoms. The van der Waals surface area contributed by atoms with Crippen LogP contribution in [0.2, 0.25) is 0 Å². The minimum atomic E-state index is -0.0450. The summed E-state index contributed by atoms with van der Waals surface area (Å²) in [4.78, 5) is 0. The smallest absolute Gasteiger partial charge is 0.0543 e. The van der Waals surface area contributed by atoms with Gasteiger partial charge in [0, 0.05) is 6.04 Å². The molecule has 3 atom stereocenters. The summed E-state index contributed by atoms with van der Waals surface area (Å²) in [6.45, 7) is 3.32. The van der Waals surface area contributed by atoms with Crippen molar-refractivity contribution < 1.29 is 5.11 Å². The molecule has 1 aliphatic rings. The third-order valence-electron chi connectivity index (χ3n) is 3.98. The van der Waals surface area contributed by atoms with E-state index in [9.17, 15) is 5.11 Å². The lowest BCUT2D eigenvalue weighted by Crippen LogP contribution is -2.31. The molecule has 3 unspecified atom stereocenters. The molecule has 0 aromatic heterocycles. The number of rotatable bonds is 6. The van der Waals surface area contributed by atoms with Crippen molar-refractivity contribution in [3.8, 4) is 0 Å². The van der Waals surface area contributed by atoms with Crippen LogP contribution in [0.4, 0.5) is 0 Å². The Kier molecular flexibility index (Phi) is 5.21. The maximum absolute atomic E-state index is 9.49. The molecule has 0 aliphatic heterocycles. The minimum absolute atomic E-state index is 0.0450. The molecule has 2 nitrogen and oxygen atoms in total. The van der Waals surface area contributed by atoms with Gasteiger partial charge in [0.25, 0.3) is 0 Å². The van der Waals surface area contributed by atoms with E-state index < -0.39 is 0 Å². The molecule has 2 rings (SSSR count). The number of aliphatic hydroxyl groups is 1. The minimum Gasteiger partial charge on any atom is -0.393 e. The van der Waals surface area contributed by atoms with E-state index in [0.29, 0.717) is 12.0 Å². The third-order valence-corrected chi connectivity index (χ3v) is 3.98. The second-order valence-electron chi connectivity index (χ2n) is 5.67. The molecular weight excluding hydrogens is 222 g/mol. The highest BCUT2D eigenvalue weighted by Gasteiger charge is 2.22. The molecule has 0 amide bonds. The quantitative estimate of drug-likeness (QED) is 0.810. The first-order valence-corrected chi connectivity index (χ1v) is 7.19. The highest BCUT2D eigenvalue weighted by molar-refractivity contribution is 5.14. The van der Waals surface area contributed by atoms with E-state index in [0.717, 1.165) is 25.8 Å². The largest absolute Gasteiger partial charge is 0.393 e. The maximum Gasteiger partial charge on any atom is 0.0543 e. The Hall–Kier alpha value is -0.860. The Labute approximate surface area is 110 Å². The summed E-state index contributed by atoms with van der Waals surface area (Å²) < 4.78 is 0. The molecular formula is C16H25NO. The van der Waals surface area contributed by atoms with Crippen molar-refractivity contribution in [2.24, 2.45) is 5.92 Å². The number of hydrogen-bond acceptors (Lipinski definition) is 2. The molecule has 1 aromatic rings. The van der Waals surface area contributed by atoms with Crippen molar-refractivity contribution in [3.63, 3.8) is 0 Å². The van der Waals surface area contributed by atoms with Crippen LogP contribution in [0.1, 0.15) is 38.2 Å². The van der Waals surface area contributed by atoms with Gasteiger partial charge in [-0.05, 0) is 57.1 Å². The molecule has 2 heteroatoms. The van der Waals surface area contributed by atoms with Crippen LogP contribution in [-0.4, -0.2) is 23.8 Å². The van der Waals surface area contributed by atoms with Gasteiger partial charge < -0.3 is 10.4 Å².